The van der Waals surface area contributed by atoms with Gasteiger partial charge in [-0.25, -0.2) is 0 Å². The Morgan fingerprint density at radius 2 is 2.25 bits per heavy atom. The van der Waals surface area contributed by atoms with E-state index in [1.807, 2.05) is 0 Å². The molecule has 0 aliphatic carbocycles. The molecule has 0 spiro atoms. The van der Waals surface area contributed by atoms with Crippen LogP contribution >= 0.6 is 0 Å². The number of nitro groups is 1. The summed E-state index contributed by atoms with van der Waals surface area (Å²) < 4.78 is 0. The van der Waals surface area contributed by atoms with Gasteiger partial charge in [-0.15, -0.1) is 0 Å². The lowest BCUT2D eigenvalue weighted by Gasteiger charge is -2.02. The molecule has 12 heavy (non-hydrogen) atoms. The second-order valence-corrected chi connectivity index (χ2v) is 2.53. The van der Waals surface area contributed by atoms with Crippen molar-refractivity contribution >= 4 is 5.69 Å². The summed E-state index contributed by atoms with van der Waals surface area (Å²) in [6.45, 7) is 1.57. The predicted octanol–water partition coefficient (Wildman–Crippen LogP) is 1.65. The van der Waals surface area contributed by atoms with E-state index in [1.54, 1.807) is 19.1 Å². The van der Waals surface area contributed by atoms with Crippen molar-refractivity contribution in [2.45, 2.75) is 13.0 Å². The van der Waals surface area contributed by atoms with Gasteiger partial charge in [0.2, 0.25) is 0 Å². The SMILES string of the molecule is CC(O)c1cccc([N+](=O)[O-])c1. The van der Waals surface area contributed by atoms with Gasteiger partial charge in [0.15, 0.2) is 0 Å². The molecule has 4 heteroatoms. The van der Waals surface area contributed by atoms with Crippen molar-refractivity contribution in [3.05, 3.63) is 39.9 Å². The third kappa shape index (κ3) is 1.79. The average Bonchev–Trinajstić information content (AvgIpc) is 2.04. The Kier molecular flexibility index (Phi) is 2.40. The molecular formula is C8H9NO3. The Morgan fingerprint density at radius 1 is 1.58 bits per heavy atom. The normalized spacial score (nSPS) is 12.5. The maximum Gasteiger partial charge on any atom is 0.269 e. The van der Waals surface area contributed by atoms with Gasteiger partial charge in [0.1, 0.15) is 0 Å². The molecule has 0 bridgehead atoms. The molecular weight excluding hydrogens is 158 g/mol. The van der Waals surface area contributed by atoms with Gasteiger partial charge in [-0.05, 0) is 12.5 Å². The van der Waals surface area contributed by atoms with E-state index in [4.69, 9.17) is 5.11 Å². The van der Waals surface area contributed by atoms with E-state index >= 15 is 0 Å². The summed E-state index contributed by atoms with van der Waals surface area (Å²) in [6, 6.07) is 5.97. The van der Waals surface area contributed by atoms with Crippen LogP contribution in [0.3, 0.4) is 0 Å². The van der Waals surface area contributed by atoms with E-state index in [0.717, 1.165) is 0 Å². The minimum Gasteiger partial charge on any atom is -0.389 e. The molecule has 0 saturated heterocycles. The average molecular weight is 167 g/mol. The van der Waals surface area contributed by atoms with E-state index in [-0.39, 0.29) is 5.69 Å². The van der Waals surface area contributed by atoms with Crippen molar-refractivity contribution < 1.29 is 10.0 Å². The van der Waals surface area contributed by atoms with Crippen molar-refractivity contribution in [2.75, 3.05) is 0 Å². The monoisotopic (exact) mass is 167 g/mol. The number of rotatable bonds is 2. The molecule has 1 aromatic carbocycles. The molecule has 0 fully saturated rings. The van der Waals surface area contributed by atoms with Crippen LogP contribution < -0.4 is 0 Å². The molecule has 0 radical (unpaired) electrons. The lowest BCUT2D eigenvalue weighted by atomic mass is 10.1. The molecule has 0 amide bonds. The number of nitro benzene ring substituents is 1. The van der Waals surface area contributed by atoms with Crippen molar-refractivity contribution in [1.29, 1.82) is 0 Å². The highest BCUT2D eigenvalue weighted by Crippen LogP contribution is 2.18. The number of hydrogen-bond donors (Lipinski definition) is 1. The summed E-state index contributed by atoms with van der Waals surface area (Å²) in [5.41, 5.74) is 0.567. The highest BCUT2D eigenvalue weighted by Gasteiger charge is 2.07. The third-order valence-corrected chi connectivity index (χ3v) is 1.56. The Labute approximate surface area is 69.6 Å². The Hall–Kier alpha value is -1.42. The fourth-order valence-corrected chi connectivity index (χ4v) is 0.898. The first-order valence-corrected chi connectivity index (χ1v) is 3.53. The number of benzene rings is 1. The van der Waals surface area contributed by atoms with E-state index < -0.39 is 11.0 Å². The van der Waals surface area contributed by atoms with Crippen LogP contribution in [0, 0.1) is 10.1 Å². The summed E-state index contributed by atoms with van der Waals surface area (Å²) in [5.74, 6) is 0. The summed E-state index contributed by atoms with van der Waals surface area (Å²) in [4.78, 5) is 9.82. The molecule has 1 rings (SSSR count). The van der Waals surface area contributed by atoms with Gasteiger partial charge >= 0.3 is 0 Å². The maximum atomic E-state index is 10.3. The van der Waals surface area contributed by atoms with Crippen molar-refractivity contribution in [3.8, 4) is 0 Å². The highest BCUT2D eigenvalue weighted by molar-refractivity contribution is 5.34. The van der Waals surface area contributed by atoms with Crippen LogP contribution in [0.2, 0.25) is 0 Å². The van der Waals surface area contributed by atoms with Gasteiger partial charge in [0.05, 0.1) is 11.0 Å². The second kappa shape index (κ2) is 3.32. The lowest BCUT2D eigenvalue weighted by molar-refractivity contribution is -0.385. The van der Waals surface area contributed by atoms with E-state index in [9.17, 15) is 10.1 Å². The first kappa shape index (κ1) is 8.67. The van der Waals surface area contributed by atoms with Gasteiger partial charge in [0.25, 0.3) is 5.69 Å². The second-order valence-electron chi connectivity index (χ2n) is 2.53. The number of aliphatic hydroxyl groups excluding tert-OH is 1. The zero-order valence-corrected chi connectivity index (χ0v) is 6.60. The fraction of sp³-hybridized carbons (Fsp3) is 0.250. The quantitative estimate of drug-likeness (QED) is 0.538. The topological polar surface area (TPSA) is 63.4 Å². The molecule has 4 nitrogen and oxygen atoms in total. The lowest BCUT2D eigenvalue weighted by Crippen LogP contribution is -1.93. The predicted molar refractivity (Wildman–Crippen MR) is 43.7 cm³/mol. The van der Waals surface area contributed by atoms with Gasteiger partial charge in [-0.1, -0.05) is 12.1 Å². The summed E-state index contributed by atoms with van der Waals surface area (Å²) in [7, 11) is 0. The Balaban J connectivity index is 3.04. The van der Waals surface area contributed by atoms with Crippen molar-refractivity contribution in [1.82, 2.24) is 0 Å². The van der Waals surface area contributed by atoms with E-state index in [2.05, 4.69) is 0 Å². The van der Waals surface area contributed by atoms with E-state index in [1.165, 1.54) is 12.1 Å². The fourth-order valence-electron chi connectivity index (χ4n) is 0.898. The number of hydrogen-bond acceptors (Lipinski definition) is 3. The number of aliphatic hydroxyl groups is 1. The molecule has 0 saturated carbocycles. The maximum absolute atomic E-state index is 10.3. The van der Waals surface area contributed by atoms with Crippen LogP contribution in [0.1, 0.15) is 18.6 Å². The van der Waals surface area contributed by atoms with Gasteiger partial charge < -0.3 is 5.11 Å². The third-order valence-electron chi connectivity index (χ3n) is 1.56. The van der Waals surface area contributed by atoms with Crippen LogP contribution in [-0.2, 0) is 0 Å². The van der Waals surface area contributed by atoms with Crippen LogP contribution in [0.15, 0.2) is 24.3 Å². The van der Waals surface area contributed by atoms with Gasteiger partial charge in [-0.3, -0.25) is 10.1 Å². The van der Waals surface area contributed by atoms with Crippen LogP contribution in [0.25, 0.3) is 0 Å². The molecule has 0 aromatic heterocycles. The van der Waals surface area contributed by atoms with Gasteiger partial charge in [-0.2, -0.15) is 0 Å². The van der Waals surface area contributed by atoms with Crippen molar-refractivity contribution in [2.24, 2.45) is 0 Å². The molecule has 0 aliphatic rings. The molecule has 64 valence electrons. The zero-order chi connectivity index (χ0) is 9.14. The molecule has 0 aliphatic heterocycles. The van der Waals surface area contributed by atoms with Crippen LogP contribution in [-0.4, -0.2) is 10.0 Å². The Bertz CT molecular complexity index is 296. The molecule has 1 atom stereocenters. The minimum atomic E-state index is -0.662. The summed E-state index contributed by atoms with van der Waals surface area (Å²) >= 11 is 0. The van der Waals surface area contributed by atoms with Gasteiger partial charge in [0, 0.05) is 12.1 Å². The van der Waals surface area contributed by atoms with Crippen LogP contribution in [0.5, 0.6) is 0 Å². The summed E-state index contributed by atoms with van der Waals surface area (Å²) in [5, 5.41) is 19.4. The molecule has 1 unspecified atom stereocenters. The number of non-ortho nitro benzene ring substituents is 1. The summed E-state index contributed by atoms with van der Waals surface area (Å²) in [6.07, 6.45) is -0.662. The first-order valence-electron chi connectivity index (χ1n) is 3.53. The largest absolute Gasteiger partial charge is 0.389 e. The van der Waals surface area contributed by atoms with Crippen molar-refractivity contribution in [3.63, 3.8) is 0 Å². The molecule has 1 aromatic rings. The Morgan fingerprint density at radius 3 is 2.75 bits per heavy atom. The minimum absolute atomic E-state index is 0.00778. The van der Waals surface area contributed by atoms with E-state index in [0.29, 0.717) is 5.56 Å². The smallest absolute Gasteiger partial charge is 0.269 e. The van der Waals surface area contributed by atoms with Crippen LogP contribution in [0.4, 0.5) is 5.69 Å². The molecule has 1 N–H and O–H groups in total. The molecule has 0 heterocycles. The first-order chi connectivity index (χ1) is 5.61. The standard InChI is InChI=1S/C8H9NO3/c1-6(10)7-3-2-4-8(5-7)9(11)12/h2-6,10H,1H3. The zero-order valence-electron chi connectivity index (χ0n) is 6.60. The highest BCUT2D eigenvalue weighted by atomic mass is 16.6. The number of nitrogens with zero attached hydrogens (tertiary/aromatic N) is 1.